The third kappa shape index (κ3) is 4.24. The summed E-state index contributed by atoms with van der Waals surface area (Å²) in [6.07, 6.45) is 1.02. The maximum absolute atomic E-state index is 6.41. The predicted molar refractivity (Wildman–Crippen MR) is 120 cm³/mol. The first-order valence-corrected chi connectivity index (χ1v) is 11.5. The van der Waals surface area contributed by atoms with Gasteiger partial charge >= 0.3 is 0 Å². The highest BCUT2D eigenvalue weighted by atomic mass is 32.1. The number of hydrogen-bond acceptors (Lipinski definition) is 5. The molecule has 0 amide bonds. The molecule has 2 aliphatic heterocycles. The molecule has 0 N–H and O–H groups in total. The van der Waals surface area contributed by atoms with Crippen LogP contribution in [0.3, 0.4) is 0 Å². The lowest BCUT2D eigenvalue weighted by Gasteiger charge is -2.21. The average molecular weight is 422 g/mol. The monoisotopic (exact) mass is 421 g/mol. The van der Waals surface area contributed by atoms with Crippen LogP contribution in [-0.4, -0.2) is 37.4 Å². The predicted octanol–water partition coefficient (Wildman–Crippen LogP) is 5.29. The number of rotatable bonds is 5. The maximum Gasteiger partial charge on any atom is 0.165 e. The van der Waals surface area contributed by atoms with Gasteiger partial charge in [0.05, 0.1) is 13.2 Å². The van der Waals surface area contributed by atoms with Crippen molar-refractivity contribution < 1.29 is 14.2 Å². The largest absolute Gasteiger partial charge is 0.488 e. The summed E-state index contributed by atoms with van der Waals surface area (Å²) < 4.78 is 18.2. The third-order valence-electron chi connectivity index (χ3n) is 5.80. The van der Waals surface area contributed by atoms with Crippen LogP contribution in [-0.2, 0) is 17.8 Å². The van der Waals surface area contributed by atoms with Gasteiger partial charge in [0.15, 0.2) is 11.5 Å². The van der Waals surface area contributed by atoms with Crippen molar-refractivity contribution in [2.24, 2.45) is 0 Å². The van der Waals surface area contributed by atoms with Crippen molar-refractivity contribution in [1.29, 1.82) is 0 Å². The van der Waals surface area contributed by atoms with Gasteiger partial charge in [0.1, 0.15) is 12.7 Å². The number of benzene rings is 2. The molecule has 0 saturated carbocycles. The van der Waals surface area contributed by atoms with Crippen LogP contribution < -0.4 is 9.47 Å². The summed E-state index contributed by atoms with van der Waals surface area (Å²) in [7, 11) is 0. The molecule has 3 heterocycles. The van der Waals surface area contributed by atoms with Gasteiger partial charge in [0, 0.05) is 31.6 Å². The number of thiophene rings is 1. The Bertz CT molecular complexity index is 996. The molecule has 1 unspecified atom stereocenters. The smallest absolute Gasteiger partial charge is 0.165 e. The number of aryl methyl sites for hydroxylation is 1. The van der Waals surface area contributed by atoms with Gasteiger partial charge in [-0.05, 0) is 58.1 Å². The van der Waals surface area contributed by atoms with E-state index in [4.69, 9.17) is 14.2 Å². The molecule has 5 heteroatoms. The van der Waals surface area contributed by atoms with E-state index in [-0.39, 0.29) is 6.10 Å². The average Bonchev–Trinajstić information content (AvgIpc) is 3.40. The number of ether oxygens (including phenoxy) is 3. The molecule has 2 aliphatic rings. The summed E-state index contributed by atoms with van der Waals surface area (Å²) in [6, 6.07) is 15.2. The van der Waals surface area contributed by atoms with E-state index in [9.17, 15) is 0 Å². The molecule has 1 atom stereocenters. The van der Waals surface area contributed by atoms with E-state index < -0.39 is 0 Å². The van der Waals surface area contributed by atoms with Crippen LogP contribution in [0.4, 0.5) is 0 Å². The SMILES string of the molecule is Cc1ccccc1-c1cc2c(c(OC3CCOC3)c1)OCCN(Cc1ccsc1)C2. The Morgan fingerprint density at radius 2 is 2.10 bits per heavy atom. The third-order valence-corrected chi connectivity index (χ3v) is 6.54. The van der Waals surface area contributed by atoms with Gasteiger partial charge in [-0.1, -0.05) is 24.3 Å². The topological polar surface area (TPSA) is 30.9 Å². The van der Waals surface area contributed by atoms with Crippen molar-refractivity contribution >= 4 is 11.3 Å². The second-order valence-electron chi connectivity index (χ2n) is 8.07. The Balaban J connectivity index is 1.52. The van der Waals surface area contributed by atoms with Crippen LogP contribution in [0.5, 0.6) is 11.5 Å². The summed E-state index contributed by atoms with van der Waals surface area (Å²) in [6.45, 7) is 6.92. The van der Waals surface area contributed by atoms with Crippen molar-refractivity contribution in [2.75, 3.05) is 26.4 Å². The van der Waals surface area contributed by atoms with Crippen LogP contribution in [0.15, 0.2) is 53.2 Å². The van der Waals surface area contributed by atoms with Gasteiger partial charge in [0.2, 0.25) is 0 Å². The lowest BCUT2D eigenvalue weighted by atomic mass is 9.97. The molecule has 1 saturated heterocycles. The van der Waals surface area contributed by atoms with Crippen molar-refractivity contribution in [3.63, 3.8) is 0 Å². The second kappa shape index (κ2) is 8.80. The highest BCUT2D eigenvalue weighted by Gasteiger charge is 2.25. The molecule has 1 aromatic heterocycles. The van der Waals surface area contributed by atoms with Crippen molar-refractivity contribution in [1.82, 2.24) is 4.90 Å². The van der Waals surface area contributed by atoms with Crippen molar-refractivity contribution in [3.8, 4) is 22.6 Å². The van der Waals surface area contributed by atoms with Gasteiger partial charge in [-0.2, -0.15) is 11.3 Å². The minimum atomic E-state index is 0.0926. The van der Waals surface area contributed by atoms with E-state index in [1.54, 1.807) is 11.3 Å². The zero-order valence-electron chi connectivity index (χ0n) is 17.3. The molecular weight excluding hydrogens is 394 g/mol. The van der Waals surface area contributed by atoms with E-state index in [0.29, 0.717) is 13.2 Å². The van der Waals surface area contributed by atoms with E-state index in [0.717, 1.165) is 44.2 Å². The van der Waals surface area contributed by atoms with Gasteiger partial charge < -0.3 is 14.2 Å². The van der Waals surface area contributed by atoms with Crippen molar-refractivity contribution in [3.05, 3.63) is 69.9 Å². The van der Waals surface area contributed by atoms with Crippen LogP contribution >= 0.6 is 11.3 Å². The molecule has 5 rings (SSSR count). The fraction of sp³-hybridized carbons (Fsp3) is 0.360. The first-order valence-electron chi connectivity index (χ1n) is 10.6. The first-order chi connectivity index (χ1) is 14.8. The molecule has 0 spiro atoms. The standard InChI is InChI=1S/C25H27NO3S/c1-18-4-2-3-5-23(18)20-12-21-15-26(14-19-7-11-30-17-19)8-10-28-25(21)24(13-20)29-22-6-9-27-16-22/h2-5,7,11-13,17,22H,6,8-10,14-16H2,1H3. The van der Waals surface area contributed by atoms with Crippen LogP contribution in [0, 0.1) is 6.92 Å². The zero-order chi connectivity index (χ0) is 20.3. The van der Waals surface area contributed by atoms with E-state index in [1.165, 1.54) is 27.8 Å². The summed E-state index contributed by atoms with van der Waals surface area (Å²) in [5.74, 6) is 1.74. The van der Waals surface area contributed by atoms with Gasteiger partial charge in [-0.25, -0.2) is 0 Å². The Morgan fingerprint density at radius 3 is 2.90 bits per heavy atom. The fourth-order valence-corrected chi connectivity index (χ4v) is 4.90. The molecule has 30 heavy (non-hydrogen) atoms. The quantitative estimate of drug-likeness (QED) is 0.560. The summed E-state index contributed by atoms with van der Waals surface area (Å²) >= 11 is 1.75. The number of nitrogens with zero attached hydrogens (tertiary/aromatic N) is 1. The van der Waals surface area contributed by atoms with E-state index in [1.807, 2.05) is 0 Å². The second-order valence-corrected chi connectivity index (χ2v) is 8.85. The summed E-state index contributed by atoms with van der Waals surface area (Å²) in [5.41, 5.74) is 6.23. The summed E-state index contributed by atoms with van der Waals surface area (Å²) in [5, 5.41) is 4.37. The van der Waals surface area contributed by atoms with Crippen LogP contribution in [0.2, 0.25) is 0 Å². The molecule has 0 aliphatic carbocycles. The highest BCUT2D eigenvalue weighted by molar-refractivity contribution is 7.07. The van der Waals surface area contributed by atoms with Crippen LogP contribution in [0.1, 0.15) is 23.1 Å². The zero-order valence-corrected chi connectivity index (χ0v) is 18.1. The minimum Gasteiger partial charge on any atom is -0.488 e. The minimum absolute atomic E-state index is 0.0926. The first kappa shape index (κ1) is 19.6. The molecule has 0 bridgehead atoms. The molecule has 2 aromatic carbocycles. The molecular formula is C25H27NO3S. The Labute approximate surface area is 182 Å². The molecule has 4 nitrogen and oxygen atoms in total. The number of hydrogen-bond donors (Lipinski definition) is 0. The van der Waals surface area contributed by atoms with Crippen LogP contribution in [0.25, 0.3) is 11.1 Å². The molecule has 156 valence electrons. The molecule has 3 aromatic rings. The van der Waals surface area contributed by atoms with Crippen molar-refractivity contribution in [2.45, 2.75) is 32.5 Å². The highest BCUT2D eigenvalue weighted by Crippen LogP contribution is 2.40. The summed E-state index contributed by atoms with van der Waals surface area (Å²) in [4.78, 5) is 2.46. The Morgan fingerprint density at radius 1 is 1.17 bits per heavy atom. The Hall–Kier alpha value is -2.34. The van der Waals surface area contributed by atoms with E-state index in [2.05, 4.69) is 65.0 Å². The van der Waals surface area contributed by atoms with Gasteiger partial charge in [-0.3, -0.25) is 4.90 Å². The lowest BCUT2D eigenvalue weighted by Crippen LogP contribution is -2.24. The normalized spacial score (nSPS) is 19.2. The maximum atomic E-state index is 6.41. The molecule has 1 fully saturated rings. The number of fused-ring (bicyclic) bond motifs is 1. The van der Waals surface area contributed by atoms with Gasteiger partial charge in [0.25, 0.3) is 0 Å². The lowest BCUT2D eigenvalue weighted by molar-refractivity contribution is 0.137. The fourth-order valence-electron chi connectivity index (χ4n) is 4.24. The Kier molecular flexibility index (Phi) is 5.75. The molecule has 0 radical (unpaired) electrons. The van der Waals surface area contributed by atoms with E-state index >= 15 is 0 Å². The van der Waals surface area contributed by atoms with Gasteiger partial charge in [-0.15, -0.1) is 0 Å².